The number of furan rings is 1. The third-order valence-electron chi connectivity index (χ3n) is 3.69. The van der Waals surface area contributed by atoms with Gasteiger partial charge in [0.2, 0.25) is 5.76 Å². The number of aromatic nitrogens is 1. The summed E-state index contributed by atoms with van der Waals surface area (Å²) in [5, 5.41) is 0. The van der Waals surface area contributed by atoms with E-state index in [4.69, 9.17) is 9.15 Å². The van der Waals surface area contributed by atoms with Crippen LogP contribution in [0.15, 0.2) is 63.9 Å². The van der Waals surface area contributed by atoms with E-state index >= 15 is 0 Å². The first kappa shape index (κ1) is 16.9. The van der Waals surface area contributed by atoms with Crippen LogP contribution in [0.1, 0.15) is 11.5 Å². The standard InChI is InChI=1S/C18H14F3NO3/c1-24-13-6-4-12(5-7-13)15-3-2-10-22(17(15)23)11-14-8-9-16(25-14)18(19,20)21/h2-10H,11H2,1H3. The lowest BCUT2D eigenvalue weighted by Crippen LogP contribution is -2.21. The Morgan fingerprint density at radius 3 is 2.40 bits per heavy atom. The van der Waals surface area contributed by atoms with Gasteiger partial charge in [-0.15, -0.1) is 0 Å². The molecule has 7 heteroatoms. The van der Waals surface area contributed by atoms with Crippen molar-refractivity contribution in [3.63, 3.8) is 0 Å². The van der Waals surface area contributed by atoms with Crippen LogP contribution in [-0.2, 0) is 12.7 Å². The van der Waals surface area contributed by atoms with Gasteiger partial charge in [-0.05, 0) is 42.0 Å². The van der Waals surface area contributed by atoms with Crippen LogP contribution in [0, 0.1) is 0 Å². The lowest BCUT2D eigenvalue weighted by atomic mass is 10.1. The fraction of sp³-hybridized carbons (Fsp3) is 0.167. The number of halogens is 3. The summed E-state index contributed by atoms with van der Waals surface area (Å²) >= 11 is 0. The monoisotopic (exact) mass is 349 g/mol. The topological polar surface area (TPSA) is 44.4 Å². The first-order valence-electron chi connectivity index (χ1n) is 7.38. The molecule has 0 radical (unpaired) electrons. The van der Waals surface area contributed by atoms with Crippen LogP contribution in [0.2, 0.25) is 0 Å². The van der Waals surface area contributed by atoms with Gasteiger partial charge in [-0.2, -0.15) is 13.2 Å². The van der Waals surface area contributed by atoms with Crippen LogP contribution in [0.25, 0.3) is 11.1 Å². The van der Waals surface area contributed by atoms with Crippen molar-refractivity contribution in [3.05, 3.63) is 76.6 Å². The van der Waals surface area contributed by atoms with Crippen LogP contribution in [0.5, 0.6) is 5.75 Å². The van der Waals surface area contributed by atoms with Gasteiger partial charge in [0.05, 0.1) is 13.7 Å². The Bertz CT molecular complexity index is 924. The molecule has 0 N–H and O–H groups in total. The molecule has 0 amide bonds. The van der Waals surface area contributed by atoms with Gasteiger partial charge in [0, 0.05) is 11.8 Å². The Kier molecular flexibility index (Phi) is 4.39. The van der Waals surface area contributed by atoms with Gasteiger partial charge in [-0.3, -0.25) is 4.79 Å². The van der Waals surface area contributed by atoms with E-state index in [2.05, 4.69) is 0 Å². The van der Waals surface area contributed by atoms with Crippen molar-refractivity contribution in [2.75, 3.05) is 7.11 Å². The zero-order valence-corrected chi connectivity index (χ0v) is 13.2. The predicted molar refractivity (Wildman–Crippen MR) is 85.5 cm³/mol. The Morgan fingerprint density at radius 1 is 1.08 bits per heavy atom. The van der Waals surface area contributed by atoms with Gasteiger partial charge >= 0.3 is 6.18 Å². The van der Waals surface area contributed by atoms with Crippen molar-refractivity contribution in [1.29, 1.82) is 0 Å². The molecule has 0 unspecified atom stereocenters. The van der Waals surface area contributed by atoms with E-state index in [1.54, 1.807) is 43.5 Å². The number of benzene rings is 1. The zero-order valence-electron chi connectivity index (χ0n) is 13.2. The van der Waals surface area contributed by atoms with E-state index in [1.807, 2.05) is 0 Å². The molecule has 3 rings (SSSR count). The molecule has 0 bridgehead atoms. The summed E-state index contributed by atoms with van der Waals surface area (Å²) in [4.78, 5) is 12.6. The molecule has 4 nitrogen and oxygen atoms in total. The van der Waals surface area contributed by atoms with Gasteiger partial charge in [-0.25, -0.2) is 0 Å². The van der Waals surface area contributed by atoms with Crippen molar-refractivity contribution >= 4 is 0 Å². The molecule has 2 aromatic heterocycles. The van der Waals surface area contributed by atoms with E-state index in [0.29, 0.717) is 16.9 Å². The van der Waals surface area contributed by atoms with E-state index < -0.39 is 11.9 Å². The summed E-state index contributed by atoms with van der Waals surface area (Å²) in [5.74, 6) is -0.363. The minimum Gasteiger partial charge on any atom is -0.497 e. The highest BCUT2D eigenvalue weighted by Crippen LogP contribution is 2.30. The molecule has 0 saturated heterocycles. The minimum absolute atomic E-state index is 0.0568. The molecule has 1 aromatic carbocycles. The van der Waals surface area contributed by atoms with Gasteiger partial charge in [0.25, 0.3) is 5.56 Å². The lowest BCUT2D eigenvalue weighted by molar-refractivity contribution is -0.153. The molecular weight excluding hydrogens is 335 g/mol. The van der Waals surface area contributed by atoms with Crippen LogP contribution < -0.4 is 10.3 Å². The average Bonchev–Trinajstić information content (AvgIpc) is 3.06. The fourth-order valence-corrected chi connectivity index (χ4v) is 2.43. The minimum atomic E-state index is -4.55. The third-order valence-corrected chi connectivity index (χ3v) is 3.69. The van der Waals surface area contributed by atoms with E-state index in [9.17, 15) is 18.0 Å². The Labute approximate surface area is 141 Å². The van der Waals surface area contributed by atoms with Crippen molar-refractivity contribution in [3.8, 4) is 16.9 Å². The number of hydrogen-bond donors (Lipinski definition) is 0. The van der Waals surface area contributed by atoms with Crippen LogP contribution in [-0.4, -0.2) is 11.7 Å². The van der Waals surface area contributed by atoms with E-state index in [1.165, 1.54) is 16.8 Å². The molecule has 0 fully saturated rings. The molecule has 2 heterocycles. The second-order valence-corrected chi connectivity index (χ2v) is 5.35. The Hall–Kier alpha value is -2.96. The molecule has 0 saturated carbocycles. The first-order chi connectivity index (χ1) is 11.9. The summed E-state index contributed by atoms with van der Waals surface area (Å²) in [5.41, 5.74) is 0.806. The van der Waals surface area contributed by atoms with E-state index in [0.717, 1.165) is 6.07 Å². The molecule has 130 valence electrons. The Morgan fingerprint density at radius 2 is 1.80 bits per heavy atom. The average molecular weight is 349 g/mol. The maximum Gasteiger partial charge on any atom is 0.449 e. The predicted octanol–water partition coefficient (Wildman–Crippen LogP) is 4.18. The number of pyridine rings is 1. The molecule has 0 aliphatic carbocycles. The SMILES string of the molecule is COc1ccc(-c2cccn(Cc3ccc(C(F)(F)F)o3)c2=O)cc1. The number of ether oxygens (including phenoxy) is 1. The summed E-state index contributed by atoms with van der Waals surface area (Å²) in [6, 6.07) is 12.3. The molecular formula is C18H14F3NO3. The first-order valence-corrected chi connectivity index (χ1v) is 7.38. The van der Waals surface area contributed by atoms with Gasteiger partial charge in [0.15, 0.2) is 0 Å². The van der Waals surface area contributed by atoms with Crippen LogP contribution in [0.3, 0.4) is 0 Å². The fourth-order valence-electron chi connectivity index (χ4n) is 2.43. The number of alkyl halides is 3. The van der Waals surface area contributed by atoms with Crippen molar-refractivity contribution in [2.45, 2.75) is 12.7 Å². The third kappa shape index (κ3) is 3.60. The molecule has 25 heavy (non-hydrogen) atoms. The molecule has 0 aliphatic heterocycles. The van der Waals surface area contributed by atoms with Crippen molar-refractivity contribution in [2.24, 2.45) is 0 Å². The highest BCUT2D eigenvalue weighted by Gasteiger charge is 2.34. The molecule has 0 spiro atoms. The summed E-state index contributed by atoms with van der Waals surface area (Å²) in [6.07, 6.45) is -3.04. The Balaban J connectivity index is 1.91. The summed E-state index contributed by atoms with van der Waals surface area (Å²) in [6.45, 7) is -0.0844. The second-order valence-electron chi connectivity index (χ2n) is 5.35. The van der Waals surface area contributed by atoms with Gasteiger partial charge in [-0.1, -0.05) is 12.1 Å². The summed E-state index contributed by atoms with van der Waals surface area (Å²) < 4.78 is 48.9. The molecule has 3 aromatic rings. The highest BCUT2D eigenvalue weighted by atomic mass is 19.4. The van der Waals surface area contributed by atoms with Crippen molar-refractivity contribution < 1.29 is 22.3 Å². The second kappa shape index (κ2) is 6.51. The number of hydrogen-bond acceptors (Lipinski definition) is 3. The van der Waals surface area contributed by atoms with Crippen LogP contribution >= 0.6 is 0 Å². The zero-order chi connectivity index (χ0) is 18.0. The largest absolute Gasteiger partial charge is 0.497 e. The maximum absolute atomic E-state index is 12.6. The number of rotatable bonds is 4. The highest BCUT2D eigenvalue weighted by molar-refractivity contribution is 5.63. The van der Waals surface area contributed by atoms with Crippen molar-refractivity contribution in [1.82, 2.24) is 4.57 Å². The summed E-state index contributed by atoms with van der Waals surface area (Å²) in [7, 11) is 1.54. The number of nitrogens with zero attached hydrogens (tertiary/aromatic N) is 1. The van der Waals surface area contributed by atoms with E-state index in [-0.39, 0.29) is 17.9 Å². The number of methoxy groups -OCH3 is 1. The quantitative estimate of drug-likeness (QED) is 0.710. The molecule has 0 atom stereocenters. The normalized spacial score (nSPS) is 11.5. The van der Waals surface area contributed by atoms with Gasteiger partial charge in [0.1, 0.15) is 11.5 Å². The van der Waals surface area contributed by atoms with Gasteiger partial charge < -0.3 is 13.7 Å². The molecule has 0 aliphatic rings. The maximum atomic E-state index is 12.6. The lowest BCUT2D eigenvalue weighted by Gasteiger charge is -2.08. The smallest absolute Gasteiger partial charge is 0.449 e. The van der Waals surface area contributed by atoms with Crippen LogP contribution in [0.4, 0.5) is 13.2 Å².